The normalized spacial score (nSPS) is 19.1. The molecule has 0 bridgehead atoms. The van der Waals surface area contributed by atoms with Gasteiger partial charge >= 0.3 is 0 Å². The van der Waals surface area contributed by atoms with Crippen LogP contribution in [0.5, 0.6) is 0 Å². The fourth-order valence-electron chi connectivity index (χ4n) is 2.59. The van der Waals surface area contributed by atoms with E-state index in [1.54, 1.807) is 11.8 Å². The van der Waals surface area contributed by atoms with Crippen LogP contribution in [0.4, 0.5) is 13.2 Å². The minimum atomic E-state index is -3.26. The van der Waals surface area contributed by atoms with Gasteiger partial charge in [0, 0.05) is 26.2 Å². The third-order valence-electron chi connectivity index (χ3n) is 3.63. The second kappa shape index (κ2) is 6.11. The molecule has 1 aromatic carbocycles. The molecule has 1 heterocycles. The van der Waals surface area contributed by atoms with Gasteiger partial charge in [0.2, 0.25) is 0 Å². The van der Waals surface area contributed by atoms with Crippen molar-refractivity contribution in [2.75, 3.05) is 32.8 Å². The molecule has 0 radical (unpaired) electrons. The van der Waals surface area contributed by atoms with Gasteiger partial charge in [0.05, 0.1) is 0 Å². The molecule has 1 saturated heterocycles. The van der Waals surface area contributed by atoms with Gasteiger partial charge in [-0.2, -0.15) is 0 Å². The number of hydrogen-bond acceptors (Lipinski definition) is 3. The van der Waals surface area contributed by atoms with E-state index in [4.69, 9.17) is 5.11 Å². The molecule has 2 N–H and O–H groups in total. The van der Waals surface area contributed by atoms with Gasteiger partial charge < -0.3 is 10.4 Å². The molecule has 0 amide bonds. The molecular weight excluding hydrogens is 269 g/mol. The zero-order valence-corrected chi connectivity index (χ0v) is 11.4. The van der Waals surface area contributed by atoms with E-state index in [-0.39, 0.29) is 0 Å². The van der Waals surface area contributed by atoms with Crippen molar-refractivity contribution < 1.29 is 18.3 Å². The van der Waals surface area contributed by atoms with Crippen LogP contribution in [0.2, 0.25) is 0 Å². The van der Waals surface area contributed by atoms with Gasteiger partial charge in [-0.25, -0.2) is 13.2 Å². The van der Waals surface area contributed by atoms with Gasteiger partial charge in [0.15, 0.2) is 0 Å². The average Bonchev–Trinajstić information content (AvgIpc) is 2.44. The van der Waals surface area contributed by atoms with Crippen molar-refractivity contribution in [1.82, 2.24) is 10.2 Å². The van der Waals surface area contributed by atoms with Gasteiger partial charge in [-0.05, 0) is 24.1 Å². The van der Waals surface area contributed by atoms with E-state index in [1.807, 2.05) is 0 Å². The largest absolute Gasteiger partial charge is 0.390 e. The summed E-state index contributed by atoms with van der Waals surface area (Å²) in [4.78, 5) is 1.64. The summed E-state index contributed by atoms with van der Waals surface area (Å²) < 4.78 is 41.6. The molecule has 2 rings (SSSR count). The molecule has 3 nitrogen and oxygen atoms in total. The molecule has 1 aliphatic heterocycles. The van der Waals surface area contributed by atoms with E-state index in [0.717, 1.165) is 0 Å². The first-order chi connectivity index (χ1) is 9.45. The Hall–Kier alpha value is -1.11. The Morgan fingerprint density at radius 2 is 2.00 bits per heavy atom. The number of alkyl halides is 2. The fraction of sp³-hybridized carbons (Fsp3) is 0.571. The van der Waals surface area contributed by atoms with E-state index in [1.165, 1.54) is 18.2 Å². The van der Waals surface area contributed by atoms with Crippen molar-refractivity contribution in [2.45, 2.75) is 18.9 Å². The zero-order chi connectivity index (χ0) is 14.8. The standard InChI is InChI=1S/C14H19F3N2O/c1-10-8-11(2-3-12(10)15)13(14(16,17)9-20)19-6-4-18-5-7-19/h2-3,8,13,18,20H,4-7,9H2,1H3/t13-/m1/s1. The fourth-order valence-corrected chi connectivity index (χ4v) is 2.59. The minimum Gasteiger partial charge on any atom is -0.390 e. The Morgan fingerprint density at radius 1 is 1.35 bits per heavy atom. The van der Waals surface area contributed by atoms with Gasteiger partial charge in [-0.1, -0.05) is 12.1 Å². The van der Waals surface area contributed by atoms with Crippen LogP contribution in [0.25, 0.3) is 0 Å². The van der Waals surface area contributed by atoms with E-state index >= 15 is 0 Å². The number of aliphatic hydroxyl groups is 1. The van der Waals surface area contributed by atoms with Crippen LogP contribution >= 0.6 is 0 Å². The second-order valence-corrected chi connectivity index (χ2v) is 5.12. The lowest BCUT2D eigenvalue weighted by Gasteiger charge is -2.38. The summed E-state index contributed by atoms with van der Waals surface area (Å²) in [5.74, 6) is -3.68. The summed E-state index contributed by atoms with van der Waals surface area (Å²) in [6.45, 7) is 2.51. The highest BCUT2D eigenvalue weighted by atomic mass is 19.3. The third kappa shape index (κ3) is 3.13. The van der Waals surface area contributed by atoms with Gasteiger partial charge in [0.1, 0.15) is 18.5 Å². The predicted molar refractivity (Wildman–Crippen MR) is 70.4 cm³/mol. The Balaban J connectivity index is 2.36. The van der Waals surface area contributed by atoms with Crippen molar-refractivity contribution in [3.8, 4) is 0 Å². The Bertz CT molecular complexity index is 462. The number of hydrogen-bond donors (Lipinski definition) is 2. The van der Waals surface area contributed by atoms with Crippen LogP contribution in [0, 0.1) is 12.7 Å². The molecule has 0 saturated carbocycles. The lowest BCUT2D eigenvalue weighted by atomic mass is 9.96. The first-order valence-corrected chi connectivity index (χ1v) is 6.65. The molecule has 6 heteroatoms. The predicted octanol–water partition coefficient (Wildman–Crippen LogP) is 1.71. The number of aryl methyl sites for hydroxylation is 1. The molecule has 112 valence electrons. The molecule has 1 aliphatic rings. The van der Waals surface area contributed by atoms with E-state index in [2.05, 4.69) is 5.32 Å². The maximum atomic E-state index is 14.1. The highest BCUT2D eigenvalue weighted by molar-refractivity contribution is 5.28. The number of aliphatic hydroxyl groups excluding tert-OH is 1. The van der Waals surface area contributed by atoms with Crippen molar-refractivity contribution in [3.63, 3.8) is 0 Å². The first kappa shape index (κ1) is 15.3. The maximum Gasteiger partial charge on any atom is 0.289 e. The monoisotopic (exact) mass is 288 g/mol. The van der Waals surface area contributed by atoms with E-state index in [0.29, 0.717) is 37.3 Å². The van der Waals surface area contributed by atoms with Gasteiger partial charge in [-0.3, -0.25) is 4.90 Å². The number of nitrogens with zero attached hydrogens (tertiary/aromatic N) is 1. The molecule has 1 fully saturated rings. The lowest BCUT2D eigenvalue weighted by molar-refractivity contribution is -0.118. The van der Waals surface area contributed by atoms with Crippen molar-refractivity contribution >= 4 is 0 Å². The van der Waals surface area contributed by atoms with Crippen molar-refractivity contribution in [3.05, 3.63) is 35.1 Å². The SMILES string of the molecule is Cc1cc([C@@H](N2CCNCC2)C(F)(F)CO)ccc1F. The van der Waals surface area contributed by atoms with Crippen LogP contribution in [-0.2, 0) is 0 Å². The van der Waals surface area contributed by atoms with Crippen LogP contribution < -0.4 is 5.32 Å². The van der Waals surface area contributed by atoms with Gasteiger partial charge in [-0.15, -0.1) is 0 Å². The minimum absolute atomic E-state index is 0.330. The van der Waals surface area contributed by atoms with Crippen LogP contribution in [0.1, 0.15) is 17.2 Å². The van der Waals surface area contributed by atoms with Crippen molar-refractivity contribution in [1.29, 1.82) is 0 Å². The average molecular weight is 288 g/mol. The first-order valence-electron chi connectivity index (χ1n) is 6.65. The number of benzene rings is 1. The molecule has 20 heavy (non-hydrogen) atoms. The van der Waals surface area contributed by atoms with Crippen molar-refractivity contribution in [2.24, 2.45) is 0 Å². The molecule has 0 spiro atoms. The number of nitrogens with one attached hydrogen (secondary N) is 1. The van der Waals surface area contributed by atoms with Crippen LogP contribution in [0.3, 0.4) is 0 Å². The summed E-state index contributed by atoms with van der Waals surface area (Å²) in [7, 11) is 0. The lowest BCUT2D eigenvalue weighted by Crippen LogP contribution is -2.51. The quantitative estimate of drug-likeness (QED) is 0.885. The molecule has 0 unspecified atom stereocenters. The molecule has 1 atom stereocenters. The summed E-state index contributed by atoms with van der Waals surface area (Å²) in [6, 6.07) is 2.78. The van der Waals surface area contributed by atoms with E-state index < -0.39 is 24.4 Å². The molecule has 0 aliphatic carbocycles. The Morgan fingerprint density at radius 3 is 2.55 bits per heavy atom. The third-order valence-corrected chi connectivity index (χ3v) is 3.63. The topological polar surface area (TPSA) is 35.5 Å². The summed E-state index contributed by atoms with van der Waals surface area (Å²) >= 11 is 0. The summed E-state index contributed by atoms with van der Waals surface area (Å²) in [6.07, 6.45) is 0. The van der Waals surface area contributed by atoms with Gasteiger partial charge in [0.25, 0.3) is 5.92 Å². The molecule has 1 aromatic rings. The number of halogens is 3. The maximum absolute atomic E-state index is 14.1. The zero-order valence-electron chi connectivity index (χ0n) is 11.4. The second-order valence-electron chi connectivity index (χ2n) is 5.12. The van der Waals surface area contributed by atoms with Crippen LogP contribution in [-0.4, -0.2) is 48.7 Å². The number of piperazine rings is 1. The smallest absolute Gasteiger partial charge is 0.289 e. The Labute approximate surface area is 116 Å². The van der Waals surface area contributed by atoms with E-state index in [9.17, 15) is 13.2 Å². The van der Waals surface area contributed by atoms with Crippen LogP contribution in [0.15, 0.2) is 18.2 Å². The molecule has 0 aromatic heterocycles. The summed E-state index contributed by atoms with van der Waals surface area (Å²) in [5, 5.41) is 12.1. The summed E-state index contributed by atoms with van der Waals surface area (Å²) in [5.41, 5.74) is 0.668. The highest BCUT2D eigenvalue weighted by Crippen LogP contribution is 2.36. The Kier molecular flexibility index (Phi) is 4.67. The number of rotatable bonds is 4. The highest BCUT2D eigenvalue weighted by Gasteiger charge is 2.44. The molecular formula is C14H19F3N2O.